The monoisotopic (exact) mass is 210 g/mol. The van der Waals surface area contributed by atoms with Gasteiger partial charge in [-0.1, -0.05) is 37.3 Å². The fourth-order valence-electron chi connectivity index (χ4n) is 1.56. The van der Waals surface area contributed by atoms with Crippen LogP contribution in [-0.4, -0.2) is 19.8 Å². The van der Waals surface area contributed by atoms with Crippen LogP contribution in [0, 0.1) is 5.92 Å². The highest BCUT2D eigenvalue weighted by molar-refractivity contribution is 5.73. The van der Waals surface area contributed by atoms with Crippen molar-refractivity contribution in [2.24, 2.45) is 5.92 Å². The fraction of sp³-hybridized carbons (Fsp3) is 0.417. The molecule has 2 nitrogen and oxygen atoms in total. The van der Waals surface area contributed by atoms with Crippen LogP contribution >= 0.6 is 0 Å². The Kier molecular flexibility index (Phi) is 4.28. The molecule has 1 aromatic rings. The topological polar surface area (TPSA) is 26.3 Å². The Balaban J connectivity index is 2.85. The standard InChI is InChI=1S/C12H15FO2/c1-9(12(14)15-2)11(8-13)10-6-4-3-5-7-10/h3-7,9,11H,8H2,1-2H3/t9?,11-/m0/s1. The molecule has 82 valence electrons. The number of alkyl halides is 1. The molecule has 15 heavy (non-hydrogen) atoms. The lowest BCUT2D eigenvalue weighted by atomic mass is 9.88. The van der Waals surface area contributed by atoms with Crippen LogP contribution < -0.4 is 0 Å². The molecule has 1 unspecified atom stereocenters. The molecule has 0 aliphatic carbocycles. The van der Waals surface area contributed by atoms with E-state index in [-0.39, 0.29) is 5.97 Å². The number of hydrogen-bond donors (Lipinski definition) is 0. The second-order valence-corrected chi connectivity index (χ2v) is 3.48. The van der Waals surface area contributed by atoms with E-state index in [0.717, 1.165) is 5.56 Å². The zero-order valence-electron chi connectivity index (χ0n) is 8.94. The molecular formula is C12H15FO2. The minimum atomic E-state index is -0.555. The van der Waals surface area contributed by atoms with Crippen molar-refractivity contribution >= 4 is 5.97 Å². The first kappa shape index (κ1) is 11.7. The molecule has 1 aromatic carbocycles. The van der Waals surface area contributed by atoms with Crippen LogP contribution in [-0.2, 0) is 9.53 Å². The maximum absolute atomic E-state index is 12.9. The van der Waals surface area contributed by atoms with Crippen LogP contribution in [0.25, 0.3) is 0 Å². The summed E-state index contributed by atoms with van der Waals surface area (Å²) in [4.78, 5) is 11.3. The van der Waals surface area contributed by atoms with Gasteiger partial charge < -0.3 is 4.74 Å². The van der Waals surface area contributed by atoms with Gasteiger partial charge in [-0.15, -0.1) is 0 Å². The lowest BCUT2D eigenvalue weighted by molar-refractivity contribution is -0.145. The van der Waals surface area contributed by atoms with Crippen LogP contribution in [0.2, 0.25) is 0 Å². The third kappa shape index (κ3) is 2.78. The van der Waals surface area contributed by atoms with Crippen LogP contribution in [0.4, 0.5) is 4.39 Å². The first-order valence-corrected chi connectivity index (χ1v) is 4.89. The van der Waals surface area contributed by atoms with Crippen LogP contribution in [0.5, 0.6) is 0 Å². The van der Waals surface area contributed by atoms with E-state index in [0.29, 0.717) is 0 Å². The van der Waals surface area contributed by atoms with Gasteiger partial charge in [0.2, 0.25) is 0 Å². The predicted octanol–water partition coefficient (Wildman–Crippen LogP) is 2.55. The molecule has 0 aliphatic rings. The van der Waals surface area contributed by atoms with Gasteiger partial charge in [0.05, 0.1) is 19.7 Å². The van der Waals surface area contributed by atoms with Crippen molar-refractivity contribution in [3.05, 3.63) is 35.9 Å². The average molecular weight is 210 g/mol. The third-order valence-electron chi connectivity index (χ3n) is 2.57. The number of carbonyl (C=O) groups is 1. The van der Waals surface area contributed by atoms with Crippen LogP contribution in [0.1, 0.15) is 18.4 Å². The van der Waals surface area contributed by atoms with E-state index in [4.69, 9.17) is 0 Å². The van der Waals surface area contributed by atoms with E-state index >= 15 is 0 Å². The highest BCUT2D eigenvalue weighted by Gasteiger charge is 2.25. The number of rotatable bonds is 4. The number of esters is 1. The van der Waals surface area contributed by atoms with Gasteiger partial charge in [0.25, 0.3) is 0 Å². The zero-order valence-corrected chi connectivity index (χ0v) is 8.94. The molecule has 0 spiro atoms. The summed E-state index contributed by atoms with van der Waals surface area (Å²) in [5, 5.41) is 0. The number of ether oxygens (including phenoxy) is 1. The normalized spacial score (nSPS) is 14.3. The molecule has 0 bridgehead atoms. The molecular weight excluding hydrogens is 195 g/mol. The zero-order chi connectivity index (χ0) is 11.3. The first-order valence-electron chi connectivity index (χ1n) is 4.89. The van der Waals surface area contributed by atoms with Gasteiger partial charge in [0.15, 0.2) is 0 Å². The summed E-state index contributed by atoms with van der Waals surface area (Å²) in [5.41, 5.74) is 0.831. The Morgan fingerprint density at radius 2 is 2.00 bits per heavy atom. The summed E-state index contributed by atoms with van der Waals surface area (Å²) in [6.07, 6.45) is 0. The van der Waals surface area contributed by atoms with Gasteiger partial charge in [0.1, 0.15) is 0 Å². The minimum Gasteiger partial charge on any atom is -0.469 e. The van der Waals surface area contributed by atoms with Crippen molar-refractivity contribution in [3.8, 4) is 0 Å². The predicted molar refractivity (Wildman–Crippen MR) is 56.3 cm³/mol. The van der Waals surface area contributed by atoms with Crippen molar-refractivity contribution < 1.29 is 13.9 Å². The summed E-state index contributed by atoms with van der Waals surface area (Å²) in [7, 11) is 1.32. The number of hydrogen-bond acceptors (Lipinski definition) is 2. The van der Waals surface area contributed by atoms with E-state index in [1.807, 2.05) is 30.3 Å². The molecule has 0 saturated carbocycles. The fourth-order valence-corrected chi connectivity index (χ4v) is 1.56. The Labute approximate surface area is 89.1 Å². The Morgan fingerprint density at radius 3 is 2.47 bits per heavy atom. The molecule has 2 atom stereocenters. The van der Waals surface area contributed by atoms with Gasteiger partial charge in [0, 0.05) is 5.92 Å². The molecule has 0 saturated heterocycles. The summed E-state index contributed by atoms with van der Waals surface area (Å²) >= 11 is 0. The van der Waals surface area contributed by atoms with Crippen LogP contribution in [0.15, 0.2) is 30.3 Å². The maximum Gasteiger partial charge on any atom is 0.309 e. The molecule has 0 amide bonds. The van der Waals surface area contributed by atoms with E-state index in [9.17, 15) is 9.18 Å². The number of methoxy groups -OCH3 is 1. The number of halogens is 1. The van der Waals surface area contributed by atoms with Gasteiger partial charge >= 0.3 is 5.97 Å². The molecule has 1 rings (SSSR count). The largest absolute Gasteiger partial charge is 0.469 e. The van der Waals surface area contributed by atoms with Crippen molar-refractivity contribution in [2.75, 3.05) is 13.8 Å². The lowest BCUT2D eigenvalue weighted by Crippen LogP contribution is -2.22. The molecule has 0 fully saturated rings. The third-order valence-corrected chi connectivity index (χ3v) is 2.57. The Morgan fingerprint density at radius 1 is 1.40 bits per heavy atom. The van der Waals surface area contributed by atoms with E-state index < -0.39 is 18.5 Å². The van der Waals surface area contributed by atoms with Gasteiger partial charge in [-0.25, -0.2) is 0 Å². The summed E-state index contributed by atoms with van der Waals surface area (Å²) in [6.45, 7) is 1.13. The van der Waals surface area contributed by atoms with E-state index in [1.165, 1.54) is 7.11 Å². The lowest BCUT2D eigenvalue weighted by Gasteiger charge is -2.19. The van der Waals surface area contributed by atoms with Gasteiger partial charge in [-0.2, -0.15) is 0 Å². The molecule has 0 heterocycles. The van der Waals surface area contributed by atoms with E-state index in [1.54, 1.807) is 6.92 Å². The smallest absolute Gasteiger partial charge is 0.309 e. The van der Waals surface area contributed by atoms with Gasteiger partial charge in [-0.3, -0.25) is 9.18 Å². The van der Waals surface area contributed by atoms with Crippen molar-refractivity contribution in [1.82, 2.24) is 0 Å². The van der Waals surface area contributed by atoms with Crippen molar-refractivity contribution in [1.29, 1.82) is 0 Å². The first-order chi connectivity index (χ1) is 7.20. The molecule has 3 heteroatoms. The summed E-state index contributed by atoms with van der Waals surface area (Å²) in [5.74, 6) is -1.25. The number of carbonyl (C=O) groups excluding carboxylic acids is 1. The second-order valence-electron chi connectivity index (χ2n) is 3.48. The highest BCUT2D eigenvalue weighted by atomic mass is 19.1. The molecule has 0 aliphatic heterocycles. The second kappa shape index (κ2) is 5.49. The molecule has 0 aromatic heterocycles. The minimum absolute atomic E-state index is 0.374. The number of benzene rings is 1. The average Bonchev–Trinajstić information content (AvgIpc) is 2.30. The van der Waals surface area contributed by atoms with Gasteiger partial charge in [-0.05, 0) is 5.56 Å². The SMILES string of the molecule is COC(=O)C(C)[C@H](CF)c1ccccc1. The highest BCUT2D eigenvalue weighted by Crippen LogP contribution is 2.25. The van der Waals surface area contributed by atoms with Crippen molar-refractivity contribution in [2.45, 2.75) is 12.8 Å². The molecule has 0 N–H and O–H groups in total. The van der Waals surface area contributed by atoms with Crippen molar-refractivity contribution in [3.63, 3.8) is 0 Å². The van der Waals surface area contributed by atoms with E-state index in [2.05, 4.69) is 4.74 Å². The summed E-state index contributed by atoms with van der Waals surface area (Å²) in [6, 6.07) is 9.18. The maximum atomic E-state index is 12.9. The quantitative estimate of drug-likeness (QED) is 0.714. The Bertz CT molecular complexity index is 311. The molecule has 0 radical (unpaired) electrons. The Hall–Kier alpha value is -1.38. The summed E-state index contributed by atoms with van der Waals surface area (Å²) < 4.78 is 17.5. The van der Waals surface area contributed by atoms with Crippen LogP contribution in [0.3, 0.4) is 0 Å².